The van der Waals surface area contributed by atoms with Gasteiger partial charge < -0.3 is 18.9 Å². The summed E-state index contributed by atoms with van der Waals surface area (Å²) in [5.74, 6) is 1.70. The van der Waals surface area contributed by atoms with Crippen molar-refractivity contribution in [1.82, 2.24) is 15.0 Å². The van der Waals surface area contributed by atoms with Crippen LogP contribution in [0, 0.1) is 0 Å². The lowest BCUT2D eigenvalue weighted by Crippen LogP contribution is -2.47. The Kier molecular flexibility index (Phi) is 4.21. The van der Waals surface area contributed by atoms with Gasteiger partial charge in [-0.05, 0) is 19.8 Å². The Morgan fingerprint density at radius 1 is 1.48 bits per heavy atom. The summed E-state index contributed by atoms with van der Waals surface area (Å²) in [6.45, 7) is 3.41. The summed E-state index contributed by atoms with van der Waals surface area (Å²) >= 11 is 0. The molecule has 0 N–H and O–H groups in total. The lowest BCUT2D eigenvalue weighted by atomic mass is 10.1. The maximum Gasteiger partial charge on any atom is 0.252 e. The van der Waals surface area contributed by atoms with Gasteiger partial charge in [-0.15, -0.1) is 0 Å². The Bertz CT molecular complexity index is 500. The molecule has 2 heterocycles. The van der Waals surface area contributed by atoms with E-state index in [0.717, 1.165) is 18.7 Å². The van der Waals surface area contributed by atoms with Crippen LogP contribution in [0.15, 0.2) is 4.52 Å². The number of rotatable bonds is 5. The molecule has 21 heavy (non-hydrogen) atoms. The normalized spacial score (nSPS) is 26.1. The second kappa shape index (κ2) is 6.11. The maximum atomic E-state index is 12.3. The Balaban J connectivity index is 1.77. The van der Waals surface area contributed by atoms with Crippen LogP contribution < -0.4 is 0 Å². The molecule has 1 amide bonds. The van der Waals surface area contributed by atoms with Crippen LogP contribution in [0.5, 0.6) is 0 Å². The van der Waals surface area contributed by atoms with Crippen molar-refractivity contribution in [3.05, 3.63) is 11.7 Å². The van der Waals surface area contributed by atoms with Gasteiger partial charge in [0.2, 0.25) is 5.91 Å². The summed E-state index contributed by atoms with van der Waals surface area (Å²) < 4.78 is 16.0. The molecule has 3 rings (SSSR count). The second-order valence-electron chi connectivity index (χ2n) is 5.62. The van der Waals surface area contributed by atoms with Crippen LogP contribution in [0.3, 0.4) is 0 Å². The van der Waals surface area contributed by atoms with E-state index in [0.29, 0.717) is 38.0 Å². The molecule has 0 unspecified atom stereocenters. The average molecular weight is 295 g/mol. The quantitative estimate of drug-likeness (QED) is 0.814. The molecular weight excluding hydrogens is 274 g/mol. The Hall–Kier alpha value is -1.47. The second-order valence-corrected chi connectivity index (χ2v) is 5.62. The van der Waals surface area contributed by atoms with Gasteiger partial charge in [-0.1, -0.05) is 5.16 Å². The fourth-order valence-corrected chi connectivity index (χ4v) is 2.64. The standard InChI is InChI=1S/C14H21N3O4/c1-9-12(14-15-13(16-21-14)10-3-4-10)17(6-8-20-9)11(18)5-7-19-2/h9-10,12H,3-8H2,1-2H3/t9-,12+/m1/s1. The van der Waals surface area contributed by atoms with Crippen LogP contribution in [0.1, 0.15) is 49.9 Å². The van der Waals surface area contributed by atoms with Crippen LogP contribution in [0.4, 0.5) is 0 Å². The molecule has 0 aromatic carbocycles. The number of carbonyl (C=O) groups excluding carboxylic acids is 1. The topological polar surface area (TPSA) is 77.7 Å². The molecule has 7 heteroatoms. The zero-order valence-electron chi connectivity index (χ0n) is 12.4. The van der Waals surface area contributed by atoms with Crippen molar-refractivity contribution >= 4 is 5.91 Å². The van der Waals surface area contributed by atoms with Crippen molar-refractivity contribution < 1.29 is 18.8 Å². The van der Waals surface area contributed by atoms with Gasteiger partial charge in [0.25, 0.3) is 5.89 Å². The lowest BCUT2D eigenvalue weighted by Gasteiger charge is -2.37. The number of nitrogens with zero attached hydrogens (tertiary/aromatic N) is 3. The molecule has 116 valence electrons. The summed E-state index contributed by atoms with van der Waals surface area (Å²) in [7, 11) is 1.59. The van der Waals surface area contributed by atoms with Crippen molar-refractivity contribution in [2.45, 2.75) is 44.2 Å². The van der Waals surface area contributed by atoms with E-state index in [9.17, 15) is 4.79 Å². The van der Waals surface area contributed by atoms with E-state index in [1.54, 1.807) is 12.0 Å². The van der Waals surface area contributed by atoms with Gasteiger partial charge in [-0.2, -0.15) is 4.98 Å². The van der Waals surface area contributed by atoms with E-state index in [2.05, 4.69) is 10.1 Å². The minimum Gasteiger partial charge on any atom is -0.384 e. The predicted octanol–water partition coefficient (Wildman–Crippen LogP) is 1.27. The highest BCUT2D eigenvalue weighted by atomic mass is 16.5. The summed E-state index contributed by atoms with van der Waals surface area (Å²) in [6.07, 6.45) is 2.43. The third-order valence-corrected chi connectivity index (χ3v) is 3.99. The molecule has 1 aromatic heterocycles. The van der Waals surface area contributed by atoms with Crippen molar-refractivity contribution in [1.29, 1.82) is 0 Å². The molecule has 1 aliphatic heterocycles. The van der Waals surface area contributed by atoms with E-state index in [1.807, 2.05) is 6.92 Å². The van der Waals surface area contributed by atoms with Gasteiger partial charge in [0.05, 0.1) is 25.7 Å². The first-order valence-electron chi connectivity index (χ1n) is 7.44. The van der Waals surface area contributed by atoms with Crippen LogP contribution in [-0.4, -0.2) is 53.9 Å². The Labute approximate surface area is 123 Å². The van der Waals surface area contributed by atoms with Gasteiger partial charge >= 0.3 is 0 Å². The monoisotopic (exact) mass is 295 g/mol. The number of morpholine rings is 1. The third-order valence-electron chi connectivity index (χ3n) is 3.99. The molecule has 1 aromatic rings. The van der Waals surface area contributed by atoms with E-state index in [-0.39, 0.29) is 18.1 Å². The molecule has 1 saturated carbocycles. The Morgan fingerprint density at radius 3 is 3.00 bits per heavy atom. The molecule has 2 atom stereocenters. The molecule has 0 radical (unpaired) electrons. The van der Waals surface area contributed by atoms with Crippen LogP contribution in [0.2, 0.25) is 0 Å². The summed E-state index contributed by atoms with van der Waals surface area (Å²) in [6, 6.07) is -0.303. The first-order chi connectivity index (χ1) is 10.2. The number of aromatic nitrogens is 2. The molecule has 0 bridgehead atoms. The average Bonchev–Trinajstić information content (AvgIpc) is 3.23. The van der Waals surface area contributed by atoms with Crippen molar-refractivity contribution in [3.63, 3.8) is 0 Å². The third kappa shape index (κ3) is 3.08. The molecule has 1 saturated heterocycles. The molecule has 2 fully saturated rings. The first-order valence-corrected chi connectivity index (χ1v) is 7.44. The summed E-state index contributed by atoms with van der Waals surface area (Å²) in [4.78, 5) is 18.6. The molecule has 1 aliphatic carbocycles. The number of hydrogen-bond donors (Lipinski definition) is 0. The maximum absolute atomic E-state index is 12.3. The van der Waals surface area contributed by atoms with E-state index >= 15 is 0 Å². The van der Waals surface area contributed by atoms with Crippen LogP contribution in [-0.2, 0) is 14.3 Å². The number of amides is 1. The van der Waals surface area contributed by atoms with Gasteiger partial charge in [0.15, 0.2) is 5.82 Å². The molecule has 7 nitrogen and oxygen atoms in total. The highest BCUT2D eigenvalue weighted by Gasteiger charge is 2.39. The number of hydrogen-bond acceptors (Lipinski definition) is 6. The van der Waals surface area contributed by atoms with Gasteiger partial charge in [0.1, 0.15) is 6.04 Å². The van der Waals surface area contributed by atoms with E-state index in [1.165, 1.54) is 0 Å². The van der Waals surface area contributed by atoms with Crippen molar-refractivity contribution in [3.8, 4) is 0 Å². The fraction of sp³-hybridized carbons (Fsp3) is 0.786. The smallest absolute Gasteiger partial charge is 0.252 e. The van der Waals surface area contributed by atoms with Gasteiger partial charge in [-0.25, -0.2) is 0 Å². The molecular formula is C14H21N3O4. The van der Waals surface area contributed by atoms with Gasteiger partial charge in [-0.3, -0.25) is 4.79 Å². The first kappa shape index (κ1) is 14.5. The molecule has 0 spiro atoms. The number of ether oxygens (including phenoxy) is 2. The van der Waals surface area contributed by atoms with E-state index < -0.39 is 0 Å². The minimum absolute atomic E-state index is 0.0307. The largest absolute Gasteiger partial charge is 0.384 e. The zero-order chi connectivity index (χ0) is 14.8. The molecule has 2 aliphatic rings. The number of methoxy groups -OCH3 is 1. The number of carbonyl (C=O) groups is 1. The SMILES string of the molecule is COCCC(=O)N1CCO[C@H](C)[C@H]1c1nc(C2CC2)no1. The summed E-state index contributed by atoms with van der Waals surface area (Å²) in [5, 5.41) is 4.04. The lowest BCUT2D eigenvalue weighted by molar-refractivity contribution is -0.148. The van der Waals surface area contributed by atoms with Crippen molar-refractivity contribution in [2.75, 3.05) is 26.9 Å². The highest BCUT2D eigenvalue weighted by molar-refractivity contribution is 5.76. The summed E-state index contributed by atoms with van der Waals surface area (Å²) in [5.41, 5.74) is 0. The van der Waals surface area contributed by atoms with Crippen LogP contribution >= 0.6 is 0 Å². The Morgan fingerprint density at radius 2 is 2.29 bits per heavy atom. The zero-order valence-corrected chi connectivity index (χ0v) is 12.4. The van der Waals surface area contributed by atoms with E-state index in [4.69, 9.17) is 14.0 Å². The minimum atomic E-state index is -0.303. The van der Waals surface area contributed by atoms with Crippen molar-refractivity contribution in [2.24, 2.45) is 0 Å². The van der Waals surface area contributed by atoms with Crippen LogP contribution in [0.25, 0.3) is 0 Å². The highest BCUT2D eigenvalue weighted by Crippen LogP contribution is 2.39. The fourth-order valence-electron chi connectivity index (χ4n) is 2.64. The predicted molar refractivity (Wildman–Crippen MR) is 72.6 cm³/mol. The van der Waals surface area contributed by atoms with Gasteiger partial charge in [0, 0.05) is 19.6 Å².